The van der Waals surface area contributed by atoms with Gasteiger partial charge in [-0.15, -0.1) is 0 Å². The monoisotopic (exact) mass is 323 g/mol. The number of aryl methyl sites for hydroxylation is 1. The molecule has 0 bridgehead atoms. The molecule has 1 heterocycles. The van der Waals surface area contributed by atoms with Gasteiger partial charge in [0.05, 0.1) is 0 Å². The molecule has 3 nitrogen and oxygen atoms in total. The molecule has 2 N–H and O–H groups in total. The van der Waals surface area contributed by atoms with Crippen molar-refractivity contribution in [1.82, 2.24) is 4.90 Å². The van der Waals surface area contributed by atoms with Crippen LogP contribution in [0.25, 0.3) is 0 Å². The maximum atomic E-state index is 10.1. The average Bonchev–Trinajstić information content (AvgIpc) is 2.52. The lowest BCUT2D eigenvalue weighted by Gasteiger charge is -2.54. The minimum atomic E-state index is -0.00620. The Morgan fingerprint density at radius 1 is 1.08 bits per heavy atom. The molecule has 1 atom stereocenters. The van der Waals surface area contributed by atoms with E-state index in [4.69, 9.17) is 0 Å². The van der Waals surface area contributed by atoms with Crippen LogP contribution in [-0.4, -0.2) is 28.7 Å². The molecule has 126 valence electrons. The summed E-state index contributed by atoms with van der Waals surface area (Å²) in [5, 5.41) is 20.0. The predicted molar refractivity (Wildman–Crippen MR) is 95.6 cm³/mol. The maximum absolute atomic E-state index is 10.1. The molecule has 24 heavy (non-hydrogen) atoms. The van der Waals surface area contributed by atoms with Gasteiger partial charge in [0.1, 0.15) is 0 Å². The Bertz CT molecular complexity index is 779. The average molecular weight is 323 g/mol. The highest BCUT2D eigenvalue weighted by Crippen LogP contribution is 2.57. The molecule has 0 saturated heterocycles. The zero-order chi connectivity index (χ0) is 16.9. The summed E-state index contributed by atoms with van der Waals surface area (Å²) in [6.45, 7) is 3.18. The Labute approximate surface area is 143 Å². The summed E-state index contributed by atoms with van der Waals surface area (Å²) in [7, 11) is 2.19. The third kappa shape index (κ3) is 2.15. The highest BCUT2D eigenvalue weighted by atomic mass is 16.3. The number of nitrogens with zero attached hydrogens (tertiary/aromatic N) is 1. The second-order valence-corrected chi connectivity index (χ2v) is 7.50. The van der Waals surface area contributed by atoms with Crippen LogP contribution in [-0.2, 0) is 11.8 Å². The lowest BCUT2D eigenvalue weighted by molar-refractivity contribution is 0.0710. The van der Waals surface area contributed by atoms with Gasteiger partial charge in [0.2, 0.25) is 0 Å². The zero-order valence-corrected chi connectivity index (χ0v) is 14.4. The molecular weight excluding hydrogens is 298 g/mol. The van der Waals surface area contributed by atoms with Crippen molar-refractivity contribution in [2.24, 2.45) is 0 Å². The molecule has 0 aromatic heterocycles. The van der Waals surface area contributed by atoms with Crippen LogP contribution in [0.4, 0.5) is 0 Å². The minimum Gasteiger partial charge on any atom is -0.504 e. The van der Waals surface area contributed by atoms with Gasteiger partial charge >= 0.3 is 0 Å². The third-order valence-electron chi connectivity index (χ3n) is 6.16. The number of hydrogen-bond donors (Lipinski definition) is 2. The van der Waals surface area contributed by atoms with Crippen molar-refractivity contribution in [3.63, 3.8) is 0 Å². The third-order valence-corrected chi connectivity index (χ3v) is 6.16. The lowest BCUT2D eigenvalue weighted by atomic mass is 9.56. The molecule has 2 aromatic carbocycles. The zero-order valence-electron chi connectivity index (χ0n) is 14.4. The van der Waals surface area contributed by atoms with Gasteiger partial charge in [-0.2, -0.15) is 0 Å². The first-order valence-electron chi connectivity index (χ1n) is 8.84. The van der Waals surface area contributed by atoms with Gasteiger partial charge in [0, 0.05) is 18.0 Å². The Hall–Kier alpha value is -2.00. The normalized spacial score (nSPS) is 22.7. The lowest BCUT2D eigenvalue weighted by Crippen LogP contribution is -2.50. The molecule has 4 rings (SSSR count). The summed E-state index contributed by atoms with van der Waals surface area (Å²) in [6.07, 6.45) is 4.51. The van der Waals surface area contributed by atoms with Gasteiger partial charge in [0.25, 0.3) is 0 Å². The number of fused-ring (bicyclic) bond motifs is 1. The SMILES string of the molecule is Cc1ccccc1C1(C2c3cc(O)c(O)cc3CCN2C)CCC1. The van der Waals surface area contributed by atoms with E-state index in [1.54, 1.807) is 12.1 Å². The van der Waals surface area contributed by atoms with Gasteiger partial charge in [-0.25, -0.2) is 0 Å². The number of hydrogen-bond acceptors (Lipinski definition) is 3. The maximum Gasteiger partial charge on any atom is 0.157 e. The van der Waals surface area contributed by atoms with E-state index in [0.29, 0.717) is 0 Å². The Balaban J connectivity index is 1.89. The molecule has 3 heteroatoms. The number of phenolic OH excluding ortho intramolecular Hbond substituents is 2. The van der Waals surface area contributed by atoms with Crippen molar-refractivity contribution in [1.29, 1.82) is 0 Å². The predicted octanol–water partition coefficient (Wildman–Crippen LogP) is 4.06. The minimum absolute atomic E-state index is 0.00407. The van der Waals surface area contributed by atoms with Crippen molar-refractivity contribution >= 4 is 0 Å². The van der Waals surface area contributed by atoms with Crippen molar-refractivity contribution in [3.05, 3.63) is 58.7 Å². The molecule has 0 spiro atoms. The van der Waals surface area contributed by atoms with Crippen molar-refractivity contribution in [2.45, 2.75) is 44.1 Å². The van der Waals surface area contributed by atoms with E-state index in [2.05, 4.69) is 43.1 Å². The molecule has 1 aliphatic carbocycles. The van der Waals surface area contributed by atoms with Crippen LogP contribution in [0.3, 0.4) is 0 Å². The van der Waals surface area contributed by atoms with Crippen LogP contribution in [0.1, 0.15) is 47.6 Å². The Morgan fingerprint density at radius 2 is 1.79 bits per heavy atom. The topological polar surface area (TPSA) is 43.7 Å². The highest BCUT2D eigenvalue weighted by Gasteiger charge is 2.50. The van der Waals surface area contributed by atoms with Crippen molar-refractivity contribution in [3.8, 4) is 11.5 Å². The summed E-state index contributed by atoms with van der Waals surface area (Å²) in [5.74, 6) is -0.0103. The van der Waals surface area contributed by atoms with Gasteiger partial charge in [0.15, 0.2) is 11.5 Å². The highest BCUT2D eigenvalue weighted by molar-refractivity contribution is 5.51. The van der Waals surface area contributed by atoms with E-state index in [9.17, 15) is 10.2 Å². The van der Waals surface area contributed by atoms with Gasteiger partial charge in [-0.05, 0) is 67.6 Å². The fraction of sp³-hybridized carbons (Fsp3) is 0.429. The second-order valence-electron chi connectivity index (χ2n) is 7.50. The molecule has 0 amide bonds. The first-order chi connectivity index (χ1) is 11.5. The summed E-state index contributed by atoms with van der Waals surface area (Å²) in [5.41, 5.74) is 5.25. The van der Waals surface area contributed by atoms with Crippen LogP contribution < -0.4 is 0 Å². The van der Waals surface area contributed by atoms with Gasteiger partial charge < -0.3 is 10.2 Å². The summed E-state index contributed by atoms with van der Waals surface area (Å²) in [4.78, 5) is 2.43. The molecule has 1 unspecified atom stereocenters. The van der Waals surface area contributed by atoms with Crippen molar-refractivity contribution < 1.29 is 10.2 Å². The first kappa shape index (κ1) is 15.5. The van der Waals surface area contributed by atoms with Crippen LogP contribution in [0.2, 0.25) is 0 Å². The molecule has 2 aliphatic rings. The largest absolute Gasteiger partial charge is 0.504 e. The van der Waals surface area contributed by atoms with Crippen molar-refractivity contribution in [2.75, 3.05) is 13.6 Å². The fourth-order valence-electron chi connectivity index (χ4n) is 4.87. The van der Waals surface area contributed by atoms with Gasteiger partial charge in [-0.3, -0.25) is 4.90 Å². The molecular formula is C21H25NO2. The quantitative estimate of drug-likeness (QED) is 0.819. The Morgan fingerprint density at radius 3 is 2.46 bits per heavy atom. The van der Waals surface area contributed by atoms with E-state index in [-0.39, 0.29) is 23.0 Å². The summed E-state index contributed by atoms with van der Waals surface area (Å²) >= 11 is 0. The number of aromatic hydroxyl groups is 2. The molecule has 1 saturated carbocycles. The number of likely N-dealkylation sites (N-methyl/N-ethyl adjacent to an activating group) is 1. The van der Waals surface area contributed by atoms with E-state index in [0.717, 1.165) is 13.0 Å². The van der Waals surface area contributed by atoms with Gasteiger partial charge in [-0.1, -0.05) is 30.7 Å². The fourth-order valence-corrected chi connectivity index (χ4v) is 4.87. The number of rotatable bonds is 2. The standard InChI is InChI=1S/C21H25NO2/c1-14-6-3-4-7-17(14)21(9-5-10-21)20-16-13-19(24)18(23)12-15(16)8-11-22(20)2/h3-4,6-7,12-13,20,23-24H,5,8-11H2,1-2H3. The molecule has 1 aliphatic heterocycles. The number of benzene rings is 2. The molecule has 1 fully saturated rings. The Kier molecular flexibility index (Phi) is 3.57. The van der Waals surface area contributed by atoms with E-state index >= 15 is 0 Å². The van der Waals surface area contributed by atoms with Crippen LogP contribution in [0, 0.1) is 6.92 Å². The number of phenols is 2. The van der Waals surface area contributed by atoms with Crippen LogP contribution >= 0.6 is 0 Å². The molecule has 2 aromatic rings. The van der Waals surface area contributed by atoms with E-state index < -0.39 is 0 Å². The summed E-state index contributed by atoms with van der Waals surface area (Å²) in [6, 6.07) is 12.5. The second kappa shape index (κ2) is 5.52. The molecule has 0 radical (unpaired) electrons. The van der Waals surface area contributed by atoms with Crippen LogP contribution in [0.5, 0.6) is 11.5 Å². The van der Waals surface area contributed by atoms with E-state index in [1.165, 1.54) is 41.5 Å². The summed E-state index contributed by atoms with van der Waals surface area (Å²) < 4.78 is 0. The van der Waals surface area contributed by atoms with Crippen LogP contribution in [0.15, 0.2) is 36.4 Å². The smallest absolute Gasteiger partial charge is 0.157 e. The van der Waals surface area contributed by atoms with E-state index in [1.807, 2.05) is 0 Å². The first-order valence-corrected chi connectivity index (χ1v) is 8.84.